The zero-order valence-electron chi connectivity index (χ0n) is 14.4. The Bertz CT molecular complexity index is 875. The minimum absolute atomic E-state index is 0.281. The zero-order valence-corrected chi connectivity index (χ0v) is 15.2. The molecule has 5 nitrogen and oxygen atoms in total. The van der Waals surface area contributed by atoms with Crippen LogP contribution < -0.4 is 4.72 Å². The van der Waals surface area contributed by atoms with Crippen molar-refractivity contribution >= 4 is 21.7 Å². The van der Waals surface area contributed by atoms with Crippen molar-refractivity contribution in [2.24, 2.45) is 0 Å². The van der Waals surface area contributed by atoms with Crippen molar-refractivity contribution in [1.29, 1.82) is 0 Å². The number of anilines is 1. The number of esters is 1. The Kier molecular flexibility index (Phi) is 4.99. The summed E-state index contributed by atoms with van der Waals surface area (Å²) in [6.45, 7) is 7.36. The second-order valence-electron chi connectivity index (χ2n) is 5.77. The lowest BCUT2D eigenvalue weighted by Crippen LogP contribution is -2.17. The molecule has 0 aliphatic heterocycles. The molecular weight excluding hydrogens is 326 g/mol. The third kappa shape index (κ3) is 3.43. The maximum Gasteiger partial charge on any atom is 0.337 e. The lowest BCUT2D eigenvalue weighted by Gasteiger charge is -2.17. The van der Waals surface area contributed by atoms with Gasteiger partial charge in [0.05, 0.1) is 17.6 Å². The summed E-state index contributed by atoms with van der Waals surface area (Å²) in [5.41, 5.74) is 3.87. The summed E-state index contributed by atoms with van der Waals surface area (Å²) >= 11 is 0. The van der Waals surface area contributed by atoms with E-state index in [1.807, 2.05) is 19.9 Å². The molecule has 0 amide bonds. The average molecular weight is 347 g/mol. The van der Waals surface area contributed by atoms with E-state index in [2.05, 4.69) is 9.46 Å². The smallest absolute Gasteiger partial charge is 0.337 e. The number of carbonyl (C=O) groups excluding carboxylic acids is 1. The number of carbonyl (C=O) groups is 1. The van der Waals surface area contributed by atoms with Crippen molar-refractivity contribution in [3.8, 4) is 0 Å². The van der Waals surface area contributed by atoms with Crippen LogP contribution in [-0.4, -0.2) is 21.5 Å². The Morgan fingerprint density at radius 1 is 1.00 bits per heavy atom. The second-order valence-corrected chi connectivity index (χ2v) is 7.39. The summed E-state index contributed by atoms with van der Waals surface area (Å²) in [4.78, 5) is 11.9. The van der Waals surface area contributed by atoms with Crippen LogP contribution >= 0.6 is 0 Å². The predicted molar refractivity (Wildman–Crippen MR) is 94.0 cm³/mol. The van der Waals surface area contributed by atoms with E-state index in [9.17, 15) is 13.2 Å². The number of ether oxygens (including phenoxy) is 1. The quantitative estimate of drug-likeness (QED) is 0.859. The van der Waals surface area contributed by atoms with Crippen molar-refractivity contribution < 1.29 is 17.9 Å². The molecule has 0 saturated carbocycles. The topological polar surface area (TPSA) is 72.5 Å². The highest BCUT2D eigenvalue weighted by Gasteiger charge is 2.22. The Morgan fingerprint density at radius 3 is 2.12 bits per heavy atom. The van der Waals surface area contributed by atoms with Crippen molar-refractivity contribution in [1.82, 2.24) is 0 Å². The van der Waals surface area contributed by atoms with Gasteiger partial charge in [-0.05, 0) is 68.1 Å². The first kappa shape index (κ1) is 18.0. The molecule has 2 aromatic carbocycles. The van der Waals surface area contributed by atoms with Crippen LogP contribution in [0.3, 0.4) is 0 Å². The number of rotatable bonds is 4. The molecule has 2 rings (SSSR count). The molecule has 0 bridgehead atoms. The van der Waals surface area contributed by atoms with Crippen LogP contribution in [0.4, 0.5) is 5.69 Å². The molecule has 0 fully saturated rings. The molecule has 0 heterocycles. The van der Waals surface area contributed by atoms with Crippen LogP contribution in [0.5, 0.6) is 0 Å². The van der Waals surface area contributed by atoms with Crippen molar-refractivity contribution in [2.75, 3.05) is 11.8 Å². The van der Waals surface area contributed by atoms with Crippen molar-refractivity contribution in [3.63, 3.8) is 0 Å². The van der Waals surface area contributed by atoms with E-state index in [1.165, 1.54) is 13.2 Å². The Hall–Kier alpha value is -2.34. The summed E-state index contributed by atoms with van der Waals surface area (Å²) in [6, 6.07) is 8.19. The largest absolute Gasteiger partial charge is 0.465 e. The molecule has 24 heavy (non-hydrogen) atoms. The number of methoxy groups -OCH3 is 1. The molecule has 6 heteroatoms. The summed E-state index contributed by atoms with van der Waals surface area (Å²) in [5, 5.41) is 0. The van der Waals surface area contributed by atoms with Crippen molar-refractivity contribution in [2.45, 2.75) is 32.6 Å². The fourth-order valence-electron chi connectivity index (χ4n) is 2.62. The molecule has 2 aromatic rings. The number of hydrogen-bond acceptors (Lipinski definition) is 4. The summed E-state index contributed by atoms with van der Waals surface area (Å²) in [7, 11) is -2.49. The first-order valence-electron chi connectivity index (χ1n) is 7.46. The maximum atomic E-state index is 12.9. The summed E-state index contributed by atoms with van der Waals surface area (Å²) in [6.07, 6.45) is 0. The van der Waals surface area contributed by atoms with E-state index in [1.54, 1.807) is 32.0 Å². The average Bonchev–Trinajstić information content (AvgIpc) is 2.52. The zero-order chi connectivity index (χ0) is 18.1. The second kappa shape index (κ2) is 6.65. The van der Waals surface area contributed by atoms with Crippen LogP contribution in [0.25, 0.3) is 0 Å². The summed E-state index contributed by atoms with van der Waals surface area (Å²) in [5.74, 6) is -0.519. The Balaban J connectivity index is 2.49. The first-order chi connectivity index (χ1) is 11.2. The van der Waals surface area contributed by atoms with Gasteiger partial charge in [0.25, 0.3) is 10.0 Å². The first-order valence-corrected chi connectivity index (χ1v) is 8.94. The summed E-state index contributed by atoms with van der Waals surface area (Å²) < 4.78 is 33.0. The van der Waals surface area contributed by atoms with Gasteiger partial charge in [-0.1, -0.05) is 12.1 Å². The fourth-order valence-corrected chi connectivity index (χ4v) is 4.28. The molecule has 128 valence electrons. The molecule has 0 aromatic heterocycles. The van der Waals surface area contributed by atoms with Gasteiger partial charge in [0, 0.05) is 5.69 Å². The lowest BCUT2D eigenvalue weighted by atomic mass is 10.0. The van der Waals surface area contributed by atoms with Crippen molar-refractivity contribution in [3.05, 3.63) is 58.1 Å². The Labute approximate surface area is 142 Å². The van der Waals surface area contributed by atoms with Crippen LogP contribution in [0, 0.1) is 27.7 Å². The number of sulfonamides is 1. The number of aryl methyl sites for hydroxylation is 2. The van der Waals surface area contributed by atoms with Gasteiger partial charge in [-0.2, -0.15) is 0 Å². The van der Waals surface area contributed by atoms with E-state index < -0.39 is 16.0 Å². The minimum atomic E-state index is -3.77. The van der Waals surface area contributed by atoms with E-state index in [0.717, 1.165) is 22.3 Å². The fraction of sp³-hybridized carbons (Fsp3) is 0.278. The van der Waals surface area contributed by atoms with Crippen LogP contribution in [0.2, 0.25) is 0 Å². The van der Waals surface area contributed by atoms with Gasteiger partial charge >= 0.3 is 5.97 Å². The molecule has 0 atom stereocenters. The molecule has 0 spiro atoms. The van der Waals surface area contributed by atoms with E-state index >= 15 is 0 Å². The van der Waals surface area contributed by atoms with Crippen LogP contribution in [-0.2, 0) is 14.8 Å². The lowest BCUT2D eigenvalue weighted by molar-refractivity contribution is 0.0601. The van der Waals surface area contributed by atoms with Crippen LogP contribution in [0.15, 0.2) is 35.2 Å². The number of benzene rings is 2. The van der Waals surface area contributed by atoms with E-state index in [-0.39, 0.29) is 10.5 Å². The highest BCUT2D eigenvalue weighted by molar-refractivity contribution is 7.92. The third-order valence-corrected chi connectivity index (χ3v) is 5.76. The molecule has 0 aliphatic rings. The molecule has 0 aliphatic carbocycles. The van der Waals surface area contributed by atoms with Gasteiger partial charge < -0.3 is 4.74 Å². The SMILES string of the molecule is COC(=O)c1cccc(NS(=O)(=O)c2c(C)c(C)cc(C)c2C)c1. The number of nitrogens with one attached hydrogen (secondary N) is 1. The van der Waals surface area contributed by atoms with Gasteiger partial charge in [0.2, 0.25) is 0 Å². The van der Waals surface area contributed by atoms with Crippen LogP contribution in [0.1, 0.15) is 32.6 Å². The normalized spacial score (nSPS) is 11.2. The standard InChI is InChI=1S/C18H21NO4S/c1-11-9-12(2)14(4)17(13(11)3)24(21,22)19-16-8-6-7-15(10-16)18(20)23-5/h6-10,19H,1-5H3. The monoisotopic (exact) mass is 347 g/mol. The molecule has 0 unspecified atom stereocenters. The molecule has 0 saturated heterocycles. The number of hydrogen-bond donors (Lipinski definition) is 1. The van der Waals surface area contributed by atoms with Gasteiger partial charge in [-0.3, -0.25) is 4.72 Å². The van der Waals surface area contributed by atoms with E-state index in [0.29, 0.717) is 5.69 Å². The maximum absolute atomic E-state index is 12.9. The molecule has 1 N–H and O–H groups in total. The highest BCUT2D eigenvalue weighted by atomic mass is 32.2. The minimum Gasteiger partial charge on any atom is -0.465 e. The van der Waals surface area contributed by atoms with Gasteiger partial charge in [-0.25, -0.2) is 13.2 Å². The Morgan fingerprint density at radius 2 is 1.58 bits per heavy atom. The predicted octanol–water partition coefficient (Wildman–Crippen LogP) is 3.51. The molecule has 0 radical (unpaired) electrons. The van der Waals surface area contributed by atoms with Gasteiger partial charge in [0.1, 0.15) is 0 Å². The molecular formula is C18H21NO4S. The van der Waals surface area contributed by atoms with E-state index in [4.69, 9.17) is 0 Å². The van der Waals surface area contributed by atoms with Gasteiger partial charge in [-0.15, -0.1) is 0 Å². The van der Waals surface area contributed by atoms with Gasteiger partial charge in [0.15, 0.2) is 0 Å². The third-order valence-electron chi connectivity index (χ3n) is 4.10. The highest BCUT2D eigenvalue weighted by Crippen LogP contribution is 2.28.